The van der Waals surface area contributed by atoms with Crippen LogP contribution >= 0.6 is 15.9 Å². The van der Waals surface area contributed by atoms with E-state index in [0.717, 1.165) is 6.07 Å². The van der Waals surface area contributed by atoms with E-state index in [9.17, 15) is 28.1 Å². The van der Waals surface area contributed by atoms with Crippen LogP contribution in [0.4, 0.5) is 18.9 Å². The summed E-state index contributed by atoms with van der Waals surface area (Å²) in [5.74, 6) is -0.918. The van der Waals surface area contributed by atoms with Crippen LogP contribution in [0, 0.1) is 21.4 Å². The minimum atomic E-state index is -5.04. The summed E-state index contributed by atoms with van der Waals surface area (Å²) in [6.45, 7) is 0. The molecule has 0 aliphatic heterocycles. The molecule has 0 fully saturated rings. The Morgan fingerprint density at radius 2 is 2.05 bits per heavy atom. The molecule has 1 rings (SSSR count). The van der Waals surface area contributed by atoms with Gasteiger partial charge in [-0.25, -0.2) is 0 Å². The van der Waals surface area contributed by atoms with Crippen molar-refractivity contribution in [3.8, 4) is 6.07 Å². The summed E-state index contributed by atoms with van der Waals surface area (Å²) in [6, 6.07) is 2.55. The highest BCUT2D eigenvalue weighted by Gasteiger charge is 2.41. The lowest BCUT2D eigenvalue weighted by atomic mass is 9.97. The monoisotopic (exact) mass is 336 g/mol. The number of Topliss-reactive ketones (excluding diaryl/α,β-unsaturated/α-hetero) is 1. The first kappa shape index (κ1) is 15.1. The van der Waals surface area contributed by atoms with Gasteiger partial charge < -0.3 is 0 Å². The number of nitrogens with zero attached hydrogens (tertiary/aromatic N) is 2. The molecule has 0 aromatic heterocycles. The standard InChI is InChI=1S/C10H4BrF3N2O3/c11-3-8(17)5-1-2-7(16(18)19)6(4-15)9(5)10(12,13)14/h1-2H,3H2. The highest BCUT2D eigenvalue weighted by molar-refractivity contribution is 9.09. The molecule has 0 spiro atoms. The van der Waals surface area contributed by atoms with Crippen LogP contribution in [0.5, 0.6) is 0 Å². The Morgan fingerprint density at radius 3 is 2.42 bits per heavy atom. The second-order valence-corrected chi connectivity index (χ2v) is 3.87. The summed E-state index contributed by atoms with van der Waals surface area (Å²) in [5.41, 5.74) is -4.49. The molecule has 100 valence electrons. The van der Waals surface area contributed by atoms with Gasteiger partial charge in [0.1, 0.15) is 11.6 Å². The van der Waals surface area contributed by atoms with Crippen molar-refractivity contribution in [2.45, 2.75) is 6.18 Å². The average molecular weight is 337 g/mol. The van der Waals surface area contributed by atoms with Gasteiger partial charge in [0.25, 0.3) is 5.69 Å². The lowest BCUT2D eigenvalue weighted by molar-refractivity contribution is -0.385. The summed E-state index contributed by atoms with van der Waals surface area (Å²) in [5, 5.41) is 18.9. The second kappa shape index (κ2) is 5.36. The maximum atomic E-state index is 12.9. The molecule has 0 saturated heterocycles. The third kappa shape index (κ3) is 2.90. The second-order valence-electron chi connectivity index (χ2n) is 3.31. The first-order valence-electron chi connectivity index (χ1n) is 4.61. The van der Waals surface area contributed by atoms with Crippen LogP contribution < -0.4 is 0 Å². The van der Waals surface area contributed by atoms with Crippen molar-refractivity contribution in [1.82, 2.24) is 0 Å². The molecule has 0 unspecified atom stereocenters. The van der Waals surface area contributed by atoms with Crippen LogP contribution in [-0.2, 0) is 6.18 Å². The highest BCUT2D eigenvalue weighted by atomic mass is 79.9. The van der Waals surface area contributed by atoms with Crippen LogP contribution in [0.3, 0.4) is 0 Å². The predicted molar refractivity (Wildman–Crippen MR) is 60.9 cm³/mol. The lowest BCUT2D eigenvalue weighted by Gasteiger charge is -2.13. The van der Waals surface area contributed by atoms with E-state index in [4.69, 9.17) is 5.26 Å². The molecular weight excluding hydrogens is 333 g/mol. The predicted octanol–water partition coefficient (Wildman–Crippen LogP) is 3.06. The van der Waals surface area contributed by atoms with E-state index in [1.165, 1.54) is 0 Å². The molecule has 0 amide bonds. The minimum Gasteiger partial charge on any atom is -0.293 e. The minimum absolute atomic E-state index is 0.390. The molecule has 9 heteroatoms. The van der Waals surface area contributed by atoms with E-state index in [1.54, 1.807) is 0 Å². The molecule has 0 aliphatic carbocycles. The highest BCUT2D eigenvalue weighted by Crippen LogP contribution is 2.38. The van der Waals surface area contributed by atoms with E-state index in [2.05, 4.69) is 15.9 Å². The van der Waals surface area contributed by atoms with Crippen molar-refractivity contribution in [2.75, 3.05) is 5.33 Å². The maximum Gasteiger partial charge on any atom is 0.418 e. The largest absolute Gasteiger partial charge is 0.418 e. The lowest BCUT2D eigenvalue weighted by Crippen LogP contribution is -2.17. The summed E-state index contributed by atoms with van der Waals surface area (Å²) < 4.78 is 38.7. The van der Waals surface area contributed by atoms with E-state index in [-0.39, 0.29) is 0 Å². The number of halogens is 4. The Labute approximate surface area is 112 Å². The van der Waals surface area contributed by atoms with Gasteiger partial charge in [-0.15, -0.1) is 0 Å². The zero-order valence-electron chi connectivity index (χ0n) is 8.99. The van der Waals surface area contributed by atoms with E-state index >= 15 is 0 Å². The summed E-state index contributed by atoms with van der Waals surface area (Å²) >= 11 is 2.71. The van der Waals surface area contributed by atoms with Crippen molar-refractivity contribution < 1.29 is 22.9 Å². The molecule has 0 atom stereocenters. The quantitative estimate of drug-likeness (QED) is 0.367. The summed E-state index contributed by atoms with van der Waals surface area (Å²) in [7, 11) is 0. The van der Waals surface area contributed by atoms with Gasteiger partial charge in [-0.05, 0) is 6.07 Å². The number of carbonyl (C=O) groups is 1. The molecule has 0 N–H and O–H groups in total. The fourth-order valence-corrected chi connectivity index (χ4v) is 1.76. The van der Waals surface area contributed by atoms with Crippen LogP contribution in [0.25, 0.3) is 0 Å². The number of benzene rings is 1. The molecule has 0 saturated carbocycles. The van der Waals surface area contributed by atoms with Gasteiger partial charge >= 0.3 is 6.18 Å². The average Bonchev–Trinajstić information content (AvgIpc) is 2.34. The number of nitro groups is 1. The zero-order valence-corrected chi connectivity index (χ0v) is 10.6. The van der Waals surface area contributed by atoms with Gasteiger partial charge in [0.2, 0.25) is 0 Å². The van der Waals surface area contributed by atoms with E-state index in [1.807, 2.05) is 0 Å². The maximum absolute atomic E-state index is 12.9. The molecule has 1 aromatic rings. The Balaban J connectivity index is 3.77. The molecule has 5 nitrogen and oxygen atoms in total. The smallest absolute Gasteiger partial charge is 0.293 e. The zero-order chi connectivity index (χ0) is 14.8. The number of carbonyl (C=O) groups excluding carboxylic acids is 1. The fraction of sp³-hybridized carbons (Fsp3) is 0.200. The van der Waals surface area contributed by atoms with Crippen LogP contribution in [0.2, 0.25) is 0 Å². The number of nitro benzene ring substituents is 1. The molecule has 0 heterocycles. The van der Waals surface area contributed by atoms with Gasteiger partial charge in [0, 0.05) is 11.6 Å². The topological polar surface area (TPSA) is 84.0 Å². The van der Waals surface area contributed by atoms with Gasteiger partial charge in [-0.2, -0.15) is 18.4 Å². The third-order valence-electron chi connectivity index (χ3n) is 2.20. The number of hydrogen-bond acceptors (Lipinski definition) is 4. The number of alkyl halides is 4. The first-order chi connectivity index (χ1) is 8.73. The van der Waals surface area contributed by atoms with Crippen LogP contribution in [-0.4, -0.2) is 16.0 Å². The number of ketones is 1. The Kier molecular flexibility index (Phi) is 4.26. The van der Waals surface area contributed by atoms with Gasteiger partial charge in [0.05, 0.1) is 15.8 Å². The number of nitriles is 1. The van der Waals surface area contributed by atoms with Crippen molar-refractivity contribution in [3.63, 3.8) is 0 Å². The molecule has 19 heavy (non-hydrogen) atoms. The molecule has 1 aromatic carbocycles. The van der Waals surface area contributed by atoms with Crippen molar-refractivity contribution in [3.05, 3.63) is 38.9 Å². The van der Waals surface area contributed by atoms with E-state index in [0.29, 0.717) is 12.1 Å². The normalized spacial score (nSPS) is 10.9. The van der Waals surface area contributed by atoms with E-state index < -0.39 is 44.6 Å². The Hall–Kier alpha value is -1.95. The van der Waals surface area contributed by atoms with Gasteiger partial charge in [-0.1, -0.05) is 15.9 Å². The molecule has 0 bridgehead atoms. The number of hydrogen-bond donors (Lipinski definition) is 0. The van der Waals surface area contributed by atoms with Gasteiger partial charge in [0.15, 0.2) is 5.78 Å². The summed E-state index contributed by atoms with van der Waals surface area (Å²) in [6.07, 6.45) is -5.04. The Morgan fingerprint density at radius 1 is 1.47 bits per heavy atom. The van der Waals surface area contributed by atoms with Crippen molar-refractivity contribution >= 4 is 27.4 Å². The molecule has 0 aliphatic rings. The van der Waals surface area contributed by atoms with Crippen molar-refractivity contribution in [1.29, 1.82) is 5.26 Å². The van der Waals surface area contributed by atoms with Crippen LogP contribution in [0.1, 0.15) is 21.5 Å². The fourth-order valence-electron chi connectivity index (χ4n) is 1.46. The van der Waals surface area contributed by atoms with Gasteiger partial charge in [-0.3, -0.25) is 14.9 Å². The number of rotatable bonds is 3. The SMILES string of the molecule is N#Cc1c([N+](=O)[O-])ccc(C(=O)CBr)c1C(F)(F)F. The first-order valence-corrected chi connectivity index (χ1v) is 5.74. The summed E-state index contributed by atoms with van der Waals surface area (Å²) in [4.78, 5) is 20.9. The molecule has 0 radical (unpaired) electrons. The third-order valence-corrected chi connectivity index (χ3v) is 2.71. The van der Waals surface area contributed by atoms with Crippen molar-refractivity contribution in [2.24, 2.45) is 0 Å². The molecular formula is C10H4BrF3N2O3. The van der Waals surface area contributed by atoms with Crippen LogP contribution in [0.15, 0.2) is 12.1 Å². The Bertz CT molecular complexity index is 593.